The Morgan fingerprint density at radius 3 is 2.67 bits per heavy atom. The third-order valence-corrected chi connectivity index (χ3v) is 1.91. The Morgan fingerprint density at radius 1 is 1.47 bits per heavy atom. The van der Waals surface area contributed by atoms with Crippen LogP contribution in [0.4, 0.5) is 5.69 Å². The summed E-state index contributed by atoms with van der Waals surface area (Å²) in [6.45, 7) is 4.01. The lowest BCUT2D eigenvalue weighted by Crippen LogP contribution is -2.30. The van der Waals surface area contributed by atoms with Gasteiger partial charge in [0, 0.05) is 12.2 Å². The molecule has 0 saturated carbocycles. The van der Waals surface area contributed by atoms with Gasteiger partial charge in [0.2, 0.25) is 5.91 Å². The van der Waals surface area contributed by atoms with Gasteiger partial charge in [0.1, 0.15) is 6.42 Å². The molecular weight excluding hydrogens is 188 g/mol. The average Bonchev–Trinajstić information content (AvgIpc) is 2.27. The van der Waals surface area contributed by atoms with Crippen LogP contribution in [0.2, 0.25) is 0 Å². The van der Waals surface area contributed by atoms with Gasteiger partial charge in [-0.25, -0.2) is 0 Å². The maximum atomic E-state index is 11.6. The van der Waals surface area contributed by atoms with E-state index in [9.17, 15) is 4.79 Å². The molecular formula is C12H12N2O. The molecule has 0 aliphatic carbocycles. The summed E-state index contributed by atoms with van der Waals surface area (Å²) in [6, 6.07) is 11.1. The summed E-state index contributed by atoms with van der Waals surface area (Å²) in [7, 11) is 0. The van der Waals surface area contributed by atoms with Crippen molar-refractivity contribution in [1.29, 1.82) is 5.26 Å². The zero-order valence-electron chi connectivity index (χ0n) is 8.39. The Labute approximate surface area is 89.2 Å². The first-order valence-corrected chi connectivity index (χ1v) is 4.63. The number of rotatable bonds is 4. The van der Waals surface area contributed by atoms with Crippen LogP contribution in [0.1, 0.15) is 6.42 Å². The van der Waals surface area contributed by atoms with Crippen molar-refractivity contribution < 1.29 is 4.79 Å². The Bertz CT molecular complexity index is 378. The van der Waals surface area contributed by atoms with E-state index in [-0.39, 0.29) is 12.3 Å². The molecule has 0 heterocycles. The highest BCUT2D eigenvalue weighted by Crippen LogP contribution is 2.13. The summed E-state index contributed by atoms with van der Waals surface area (Å²) in [5, 5.41) is 8.48. The summed E-state index contributed by atoms with van der Waals surface area (Å²) in [5.74, 6) is -0.205. The van der Waals surface area contributed by atoms with Crippen LogP contribution in [-0.4, -0.2) is 12.5 Å². The van der Waals surface area contributed by atoms with Crippen LogP contribution >= 0.6 is 0 Å². The molecule has 0 N–H and O–H groups in total. The number of para-hydroxylation sites is 1. The van der Waals surface area contributed by atoms with E-state index >= 15 is 0 Å². The number of nitrogens with zero attached hydrogens (tertiary/aromatic N) is 2. The van der Waals surface area contributed by atoms with E-state index in [4.69, 9.17) is 5.26 Å². The minimum atomic E-state index is -0.205. The monoisotopic (exact) mass is 200 g/mol. The number of hydrogen-bond acceptors (Lipinski definition) is 2. The van der Waals surface area contributed by atoms with Crippen molar-refractivity contribution in [2.45, 2.75) is 6.42 Å². The second-order valence-corrected chi connectivity index (χ2v) is 2.96. The van der Waals surface area contributed by atoms with E-state index in [2.05, 4.69) is 6.58 Å². The van der Waals surface area contributed by atoms with E-state index in [1.54, 1.807) is 6.08 Å². The van der Waals surface area contributed by atoms with Crippen LogP contribution in [-0.2, 0) is 4.79 Å². The number of anilines is 1. The van der Waals surface area contributed by atoms with E-state index in [1.807, 2.05) is 36.4 Å². The number of hydrogen-bond donors (Lipinski definition) is 0. The molecule has 0 fully saturated rings. The molecule has 15 heavy (non-hydrogen) atoms. The van der Waals surface area contributed by atoms with Crippen molar-refractivity contribution in [1.82, 2.24) is 0 Å². The zero-order chi connectivity index (χ0) is 11.1. The van der Waals surface area contributed by atoms with Crippen molar-refractivity contribution in [3.8, 4) is 6.07 Å². The fraction of sp³-hybridized carbons (Fsp3) is 0.167. The summed E-state index contributed by atoms with van der Waals surface area (Å²) in [6.07, 6.45) is 1.53. The summed E-state index contributed by atoms with van der Waals surface area (Å²) in [5.41, 5.74) is 0.789. The maximum absolute atomic E-state index is 11.6. The molecule has 0 radical (unpaired) electrons. The molecule has 3 heteroatoms. The van der Waals surface area contributed by atoms with Gasteiger partial charge < -0.3 is 4.90 Å². The molecule has 0 unspecified atom stereocenters. The number of carbonyl (C=O) groups excluding carboxylic acids is 1. The quantitative estimate of drug-likeness (QED) is 0.699. The number of carbonyl (C=O) groups is 1. The third-order valence-electron chi connectivity index (χ3n) is 1.91. The molecule has 0 saturated heterocycles. The first-order valence-electron chi connectivity index (χ1n) is 4.63. The minimum Gasteiger partial charge on any atom is -0.308 e. The molecule has 3 nitrogen and oxygen atoms in total. The molecule has 0 aliphatic heterocycles. The predicted molar refractivity (Wildman–Crippen MR) is 59.2 cm³/mol. The fourth-order valence-electron chi connectivity index (χ4n) is 1.25. The normalized spacial score (nSPS) is 9.00. The van der Waals surface area contributed by atoms with Gasteiger partial charge in [-0.1, -0.05) is 24.3 Å². The van der Waals surface area contributed by atoms with Gasteiger partial charge in [-0.15, -0.1) is 6.58 Å². The molecule has 0 atom stereocenters. The van der Waals surface area contributed by atoms with Gasteiger partial charge in [-0.05, 0) is 12.1 Å². The van der Waals surface area contributed by atoms with Gasteiger partial charge >= 0.3 is 0 Å². The van der Waals surface area contributed by atoms with E-state index in [0.717, 1.165) is 5.69 Å². The third kappa shape index (κ3) is 2.96. The van der Waals surface area contributed by atoms with E-state index in [1.165, 1.54) is 4.90 Å². The van der Waals surface area contributed by atoms with Gasteiger partial charge in [-0.2, -0.15) is 5.26 Å². The highest BCUT2D eigenvalue weighted by atomic mass is 16.2. The van der Waals surface area contributed by atoms with Gasteiger partial charge in [0.25, 0.3) is 0 Å². The number of benzene rings is 1. The van der Waals surface area contributed by atoms with Crippen molar-refractivity contribution in [2.75, 3.05) is 11.4 Å². The molecule has 0 aliphatic rings. The number of nitriles is 1. The molecule has 0 spiro atoms. The Hall–Kier alpha value is -2.08. The van der Waals surface area contributed by atoms with Gasteiger partial charge in [0.15, 0.2) is 0 Å². The summed E-state index contributed by atoms with van der Waals surface area (Å²) >= 11 is 0. The first kappa shape index (κ1) is 11.0. The van der Waals surface area contributed by atoms with E-state index in [0.29, 0.717) is 6.54 Å². The van der Waals surface area contributed by atoms with Crippen molar-refractivity contribution in [2.24, 2.45) is 0 Å². The van der Waals surface area contributed by atoms with Crippen LogP contribution in [0.5, 0.6) is 0 Å². The SMILES string of the molecule is C=CCN(C(=O)CC#N)c1ccccc1. The Kier molecular flexibility index (Phi) is 4.11. The van der Waals surface area contributed by atoms with Gasteiger partial charge in [0.05, 0.1) is 6.07 Å². The van der Waals surface area contributed by atoms with Crippen LogP contribution in [0, 0.1) is 11.3 Å². The van der Waals surface area contributed by atoms with Crippen LogP contribution in [0.3, 0.4) is 0 Å². The first-order chi connectivity index (χ1) is 7.29. The second-order valence-electron chi connectivity index (χ2n) is 2.96. The molecule has 0 bridgehead atoms. The molecule has 1 rings (SSSR count). The number of amides is 1. The van der Waals surface area contributed by atoms with Crippen LogP contribution < -0.4 is 4.90 Å². The van der Waals surface area contributed by atoms with Crippen LogP contribution in [0.15, 0.2) is 43.0 Å². The fourth-order valence-corrected chi connectivity index (χ4v) is 1.25. The van der Waals surface area contributed by atoms with Crippen molar-refractivity contribution in [3.63, 3.8) is 0 Å². The second kappa shape index (κ2) is 5.61. The predicted octanol–water partition coefficient (Wildman–Crippen LogP) is 2.12. The van der Waals surface area contributed by atoms with Crippen molar-refractivity contribution in [3.05, 3.63) is 43.0 Å². The topological polar surface area (TPSA) is 44.1 Å². The van der Waals surface area contributed by atoms with Crippen molar-refractivity contribution >= 4 is 11.6 Å². The lowest BCUT2D eigenvalue weighted by molar-refractivity contribution is -0.117. The lowest BCUT2D eigenvalue weighted by Gasteiger charge is -2.19. The van der Waals surface area contributed by atoms with Gasteiger partial charge in [-0.3, -0.25) is 4.79 Å². The summed E-state index contributed by atoms with van der Waals surface area (Å²) in [4.78, 5) is 13.1. The lowest BCUT2D eigenvalue weighted by atomic mass is 10.2. The smallest absolute Gasteiger partial charge is 0.241 e. The molecule has 76 valence electrons. The highest BCUT2D eigenvalue weighted by molar-refractivity contribution is 5.94. The van der Waals surface area contributed by atoms with E-state index < -0.39 is 0 Å². The zero-order valence-corrected chi connectivity index (χ0v) is 8.39. The van der Waals surface area contributed by atoms with Crippen LogP contribution in [0.25, 0.3) is 0 Å². The molecule has 0 aromatic heterocycles. The molecule has 1 amide bonds. The Balaban J connectivity index is 2.88. The standard InChI is InChI=1S/C12H12N2O/c1-2-10-14(12(15)8-9-13)11-6-4-3-5-7-11/h2-7H,1,8,10H2. The highest BCUT2D eigenvalue weighted by Gasteiger charge is 2.12. The molecule has 1 aromatic rings. The Morgan fingerprint density at radius 2 is 2.13 bits per heavy atom. The molecule has 1 aromatic carbocycles. The summed E-state index contributed by atoms with van der Waals surface area (Å²) < 4.78 is 0. The largest absolute Gasteiger partial charge is 0.308 e. The minimum absolute atomic E-state index is 0.108. The maximum Gasteiger partial charge on any atom is 0.241 e. The average molecular weight is 200 g/mol.